The van der Waals surface area contributed by atoms with Gasteiger partial charge in [0.15, 0.2) is 0 Å². The first-order chi connectivity index (χ1) is 37.5. The Morgan fingerprint density at radius 2 is 0.753 bits per heavy atom. The fourth-order valence-corrected chi connectivity index (χ4v) is 11.0. The van der Waals surface area contributed by atoms with Crippen LogP contribution in [-0.4, -0.2) is 68.5 Å². The number of aliphatic hydroxyl groups excluding tert-OH is 1. The number of aliphatic hydroxyl groups is 1. The first-order valence-electron chi connectivity index (χ1n) is 33.9. The van der Waals surface area contributed by atoms with E-state index in [-0.39, 0.29) is 19.1 Å². The number of likely N-dealkylation sites (N-methyl/N-ethyl adjacent to an activating group) is 1. The molecule has 9 heteroatoms. The molecule has 0 aliphatic carbocycles. The molecular weight excluding hydrogens is 972 g/mol. The predicted octanol–water partition coefficient (Wildman–Crippen LogP) is 20.6. The van der Waals surface area contributed by atoms with Gasteiger partial charge in [-0.15, -0.1) is 0 Å². The van der Waals surface area contributed by atoms with Crippen molar-refractivity contribution in [1.29, 1.82) is 0 Å². The second kappa shape index (κ2) is 59.3. The Morgan fingerprint density at radius 1 is 0.455 bits per heavy atom. The van der Waals surface area contributed by atoms with E-state index in [1.807, 2.05) is 27.2 Å². The summed E-state index contributed by atoms with van der Waals surface area (Å²) in [6.45, 7) is 4.70. The average molecular weight is 1110 g/mol. The number of hydrogen-bond acceptors (Lipinski definition) is 6. The van der Waals surface area contributed by atoms with Gasteiger partial charge in [0, 0.05) is 6.42 Å². The summed E-state index contributed by atoms with van der Waals surface area (Å²) in [4.78, 5) is 25.6. The van der Waals surface area contributed by atoms with E-state index in [1.165, 1.54) is 276 Å². The molecule has 0 aromatic rings. The van der Waals surface area contributed by atoms with Crippen LogP contribution in [0.2, 0.25) is 0 Å². The van der Waals surface area contributed by atoms with E-state index in [2.05, 4.69) is 43.5 Å². The smallest absolute Gasteiger partial charge is 0.268 e. The Bertz CT molecular complexity index is 1350. The SMILES string of the molecule is CCCCCCCCCCC/C=C\C/C=C\CCCCCCCCCCCCCCCCCCCC(=O)NC(COP(=O)([O-])OCC[N+](C)(C)C)C(O)/C=C/CCCCCCCCCCCCCCCCCCCCCC. The number of rotatable bonds is 63. The molecule has 0 radical (unpaired) electrons. The van der Waals surface area contributed by atoms with Gasteiger partial charge in [0.25, 0.3) is 7.82 Å². The normalized spacial score (nSPS) is 13.9. The number of nitrogens with zero attached hydrogens (tertiary/aromatic N) is 1. The van der Waals surface area contributed by atoms with E-state index < -0.39 is 20.0 Å². The van der Waals surface area contributed by atoms with Gasteiger partial charge in [-0.1, -0.05) is 320 Å². The fourth-order valence-electron chi connectivity index (χ4n) is 10.3. The quantitative estimate of drug-likeness (QED) is 0.0272. The molecule has 0 aliphatic rings. The number of phosphoric ester groups is 1. The highest BCUT2D eigenvalue weighted by molar-refractivity contribution is 7.45. The zero-order valence-electron chi connectivity index (χ0n) is 52.2. The lowest BCUT2D eigenvalue weighted by Gasteiger charge is -2.29. The zero-order valence-corrected chi connectivity index (χ0v) is 53.1. The third-order valence-electron chi connectivity index (χ3n) is 15.6. The minimum Gasteiger partial charge on any atom is -0.756 e. The van der Waals surface area contributed by atoms with E-state index in [1.54, 1.807) is 6.08 Å². The molecule has 0 fully saturated rings. The number of unbranched alkanes of at least 4 members (excludes halogenated alkanes) is 46. The number of quaternary nitrogens is 1. The minimum atomic E-state index is -4.60. The maximum absolute atomic E-state index is 13.0. The van der Waals surface area contributed by atoms with Crippen LogP contribution in [0.3, 0.4) is 0 Å². The van der Waals surface area contributed by atoms with Crippen molar-refractivity contribution < 1.29 is 32.9 Å². The lowest BCUT2D eigenvalue weighted by Crippen LogP contribution is -2.45. The minimum absolute atomic E-state index is 0.000699. The van der Waals surface area contributed by atoms with Crippen molar-refractivity contribution in [2.75, 3.05) is 40.9 Å². The van der Waals surface area contributed by atoms with Crippen LogP contribution in [0, 0.1) is 0 Å². The maximum atomic E-state index is 13.0. The molecule has 0 bridgehead atoms. The van der Waals surface area contributed by atoms with Gasteiger partial charge in [0.05, 0.1) is 39.9 Å². The van der Waals surface area contributed by atoms with Crippen molar-refractivity contribution in [2.45, 2.75) is 353 Å². The molecule has 0 spiro atoms. The molecule has 0 rings (SSSR count). The van der Waals surface area contributed by atoms with E-state index in [4.69, 9.17) is 9.05 Å². The van der Waals surface area contributed by atoms with Crippen molar-refractivity contribution in [3.05, 3.63) is 36.5 Å². The third kappa shape index (κ3) is 62.2. The van der Waals surface area contributed by atoms with E-state index in [0.717, 1.165) is 44.9 Å². The summed E-state index contributed by atoms with van der Waals surface area (Å²) in [6, 6.07) is -0.886. The number of carbonyl (C=O) groups is 1. The highest BCUT2D eigenvalue weighted by atomic mass is 31.2. The lowest BCUT2D eigenvalue weighted by molar-refractivity contribution is -0.870. The summed E-state index contributed by atoms with van der Waals surface area (Å²) in [6.07, 6.45) is 78.3. The van der Waals surface area contributed by atoms with Crippen LogP contribution in [-0.2, 0) is 18.4 Å². The molecular formula is C68H133N2O6P. The van der Waals surface area contributed by atoms with Crippen LogP contribution in [0.5, 0.6) is 0 Å². The van der Waals surface area contributed by atoms with Gasteiger partial charge in [-0.3, -0.25) is 9.36 Å². The Hall–Kier alpha value is -1.28. The standard InChI is InChI=1S/C68H133N2O6P/c1-6-8-10-12-14-16-18-20-22-24-26-28-30-31-32-33-34-35-36-37-38-39-40-42-44-46-48-50-52-54-56-58-60-62-68(72)69-66(65-76-77(73,74)75-64-63-70(3,4)5)67(71)61-59-57-55-53-51-49-47-45-43-41-29-27-25-23-21-19-17-15-13-11-9-7-2/h26,28,31-32,59,61,66-67,71H,6-25,27,29-30,33-58,60,62-65H2,1-5H3,(H-,69,72,73,74)/b28-26-,32-31-,61-59+. The summed E-state index contributed by atoms with van der Waals surface area (Å²) in [5, 5.41) is 13.9. The van der Waals surface area contributed by atoms with E-state index in [9.17, 15) is 19.4 Å². The predicted molar refractivity (Wildman–Crippen MR) is 335 cm³/mol. The molecule has 0 saturated heterocycles. The Morgan fingerprint density at radius 3 is 1.08 bits per heavy atom. The summed E-state index contributed by atoms with van der Waals surface area (Å²) < 4.78 is 23.4. The van der Waals surface area contributed by atoms with Crippen molar-refractivity contribution in [2.24, 2.45) is 0 Å². The van der Waals surface area contributed by atoms with Crippen molar-refractivity contribution in [1.82, 2.24) is 5.32 Å². The Kier molecular flexibility index (Phi) is 58.4. The van der Waals surface area contributed by atoms with Gasteiger partial charge < -0.3 is 28.8 Å². The number of phosphoric acid groups is 1. The molecule has 0 heterocycles. The van der Waals surface area contributed by atoms with Gasteiger partial charge in [0.2, 0.25) is 5.91 Å². The molecule has 3 unspecified atom stereocenters. The highest BCUT2D eigenvalue weighted by Gasteiger charge is 2.23. The van der Waals surface area contributed by atoms with Crippen LogP contribution in [0.15, 0.2) is 36.5 Å². The van der Waals surface area contributed by atoms with E-state index >= 15 is 0 Å². The maximum Gasteiger partial charge on any atom is 0.268 e. The summed E-state index contributed by atoms with van der Waals surface area (Å²) in [5.41, 5.74) is 0. The first kappa shape index (κ1) is 75.7. The highest BCUT2D eigenvalue weighted by Crippen LogP contribution is 2.38. The van der Waals surface area contributed by atoms with Crippen LogP contribution in [0.25, 0.3) is 0 Å². The average Bonchev–Trinajstić information content (AvgIpc) is 3.39. The number of nitrogens with one attached hydrogen (secondary N) is 1. The number of amides is 1. The van der Waals surface area contributed by atoms with Crippen molar-refractivity contribution in [3.63, 3.8) is 0 Å². The monoisotopic (exact) mass is 1100 g/mol. The van der Waals surface area contributed by atoms with Crippen molar-refractivity contribution in [3.8, 4) is 0 Å². The second-order valence-electron chi connectivity index (χ2n) is 24.5. The lowest BCUT2D eigenvalue weighted by atomic mass is 10.0. The largest absolute Gasteiger partial charge is 0.756 e. The first-order valence-corrected chi connectivity index (χ1v) is 35.3. The van der Waals surface area contributed by atoms with Gasteiger partial charge in [0.1, 0.15) is 13.2 Å². The molecule has 77 heavy (non-hydrogen) atoms. The molecule has 2 N–H and O–H groups in total. The summed E-state index contributed by atoms with van der Waals surface area (Å²) >= 11 is 0. The van der Waals surface area contributed by atoms with Gasteiger partial charge in [-0.2, -0.15) is 0 Å². The molecule has 0 aromatic heterocycles. The molecule has 8 nitrogen and oxygen atoms in total. The third-order valence-corrected chi connectivity index (χ3v) is 16.6. The van der Waals surface area contributed by atoms with Crippen LogP contribution >= 0.6 is 7.82 Å². The van der Waals surface area contributed by atoms with Crippen LogP contribution < -0.4 is 10.2 Å². The molecule has 456 valence electrons. The van der Waals surface area contributed by atoms with Crippen LogP contribution in [0.1, 0.15) is 341 Å². The Labute approximate surface area is 480 Å². The number of allylic oxidation sites excluding steroid dienone is 5. The fraction of sp³-hybridized carbons (Fsp3) is 0.897. The Balaban J connectivity index is 4.04. The molecule has 0 aromatic carbocycles. The number of hydrogen-bond donors (Lipinski definition) is 2. The van der Waals surface area contributed by atoms with Crippen molar-refractivity contribution >= 4 is 13.7 Å². The van der Waals surface area contributed by atoms with Gasteiger partial charge >= 0.3 is 0 Å². The van der Waals surface area contributed by atoms with Gasteiger partial charge in [-0.05, 0) is 51.4 Å². The van der Waals surface area contributed by atoms with Gasteiger partial charge in [-0.25, -0.2) is 0 Å². The number of carbonyl (C=O) groups excluding carboxylic acids is 1. The van der Waals surface area contributed by atoms with Crippen LogP contribution in [0.4, 0.5) is 0 Å². The topological polar surface area (TPSA) is 108 Å². The van der Waals surface area contributed by atoms with E-state index in [0.29, 0.717) is 17.4 Å². The summed E-state index contributed by atoms with van der Waals surface area (Å²) in [5.74, 6) is -0.191. The second-order valence-corrected chi connectivity index (χ2v) is 25.9. The molecule has 0 saturated carbocycles. The molecule has 3 atom stereocenters. The zero-order chi connectivity index (χ0) is 56.3. The molecule has 1 amide bonds. The summed E-state index contributed by atoms with van der Waals surface area (Å²) in [7, 11) is 1.28. The molecule has 0 aliphatic heterocycles.